The molecule has 1 heterocycles. The zero-order valence-electron chi connectivity index (χ0n) is 11.3. The predicted molar refractivity (Wildman–Crippen MR) is 73.7 cm³/mol. The number of hydrogen-bond donors (Lipinski definition) is 3. The summed E-state index contributed by atoms with van der Waals surface area (Å²) in [7, 11) is 0. The van der Waals surface area contributed by atoms with Gasteiger partial charge < -0.3 is 16.0 Å². The van der Waals surface area contributed by atoms with Crippen LogP contribution in [0.15, 0.2) is 0 Å². The van der Waals surface area contributed by atoms with Crippen molar-refractivity contribution in [3.8, 4) is 0 Å². The molecule has 6 heteroatoms. The molecule has 1 aliphatic heterocycles. The Bertz CT molecular complexity index is 284. The number of rotatable bonds is 3. The highest BCUT2D eigenvalue weighted by Gasteiger charge is 2.21. The van der Waals surface area contributed by atoms with Crippen LogP contribution in [0.3, 0.4) is 0 Å². The van der Waals surface area contributed by atoms with E-state index in [1.165, 1.54) is 0 Å². The molecule has 106 valence electrons. The van der Waals surface area contributed by atoms with Crippen LogP contribution < -0.4 is 16.0 Å². The molecule has 0 aromatic rings. The number of carbonyl (C=O) groups excluding carboxylic acids is 2. The Kier molecular flexibility index (Phi) is 7.25. The van der Waals surface area contributed by atoms with Gasteiger partial charge in [0.25, 0.3) is 0 Å². The fraction of sp³-hybridized carbons (Fsp3) is 0.833. The van der Waals surface area contributed by atoms with Gasteiger partial charge in [-0.2, -0.15) is 0 Å². The highest BCUT2D eigenvalue weighted by atomic mass is 35.5. The van der Waals surface area contributed by atoms with Crippen molar-refractivity contribution in [1.82, 2.24) is 16.0 Å². The van der Waals surface area contributed by atoms with E-state index in [0.717, 1.165) is 25.9 Å². The van der Waals surface area contributed by atoms with E-state index in [0.29, 0.717) is 0 Å². The first kappa shape index (κ1) is 17.2. The third-order valence-corrected chi connectivity index (χ3v) is 2.65. The second-order valence-corrected chi connectivity index (χ2v) is 5.54. The van der Waals surface area contributed by atoms with E-state index in [4.69, 9.17) is 0 Å². The molecule has 1 rings (SSSR count). The number of halogens is 1. The van der Waals surface area contributed by atoms with Crippen LogP contribution >= 0.6 is 12.4 Å². The molecule has 0 bridgehead atoms. The lowest BCUT2D eigenvalue weighted by Crippen LogP contribution is -2.47. The molecular formula is C12H24ClN3O2. The largest absolute Gasteiger partial charge is 0.350 e. The maximum atomic E-state index is 11.7. The lowest BCUT2D eigenvalue weighted by atomic mass is 9.97. The summed E-state index contributed by atoms with van der Waals surface area (Å²) in [4.78, 5) is 23.3. The average molecular weight is 278 g/mol. The molecule has 0 aliphatic carbocycles. The fourth-order valence-electron chi connectivity index (χ4n) is 1.86. The molecule has 0 radical (unpaired) electrons. The van der Waals surface area contributed by atoms with Crippen LogP contribution in [0.5, 0.6) is 0 Å². The van der Waals surface area contributed by atoms with E-state index in [-0.39, 0.29) is 42.2 Å². The molecule has 1 saturated heterocycles. The van der Waals surface area contributed by atoms with E-state index in [1.807, 2.05) is 20.8 Å². The second kappa shape index (κ2) is 7.59. The van der Waals surface area contributed by atoms with Crippen molar-refractivity contribution in [2.45, 2.75) is 39.2 Å². The zero-order valence-corrected chi connectivity index (χ0v) is 12.2. The predicted octanol–water partition coefficient (Wildman–Crippen LogP) is 0.439. The normalized spacial score (nSPS) is 16.6. The summed E-state index contributed by atoms with van der Waals surface area (Å²) in [6.45, 7) is 7.58. The van der Waals surface area contributed by atoms with Crippen molar-refractivity contribution in [3.05, 3.63) is 0 Å². The molecule has 18 heavy (non-hydrogen) atoms. The van der Waals surface area contributed by atoms with E-state index in [9.17, 15) is 9.59 Å². The van der Waals surface area contributed by atoms with Crippen LogP contribution in [0.25, 0.3) is 0 Å². The lowest BCUT2D eigenvalue weighted by Gasteiger charge is -2.23. The standard InChI is InChI=1S/C12H23N3O2.ClH/c1-12(2,3)15-10(16)8-14-11(17)9-4-6-13-7-5-9;/h9,13H,4-8H2,1-3H3,(H,14,17)(H,15,16);1H. The van der Waals surface area contributed by atoms with Gasteiger partial charge in [-0.15, -0.1) is 12.4 Å². The van der Waals surface area contributed by atoms with Crippen molar-refractivity contribution in [2.75, 3.05) is 19.6 Å². The molecule has 5 nitrogen and oxygen atoms in total. The minimum absolute atomic E-state index is 0. The third kappa shape index (κ3) is 6.81. The van der Waals surface area contributed by atoms with Crippen LogP contribution in [0, 0.1) is 5.92 Å². The van der Waals surface area contributed by atoms with Gasteiger partial charge >= 0.3 is 0 Å². The Morgan fingerprint density at radius 2 is 1.78 bits per heavy atom. The smallest absolute Gasteiger partial charge is 0.239 e. The van der Waals surface area contributed by atoms with Gasteiger partial charge in [-0.3, -0.25) is 9.59 Å². The van der Waals surface area contributed by atoms with Crippen LogP contribution in [0.1, 0.15) is 33.6 Å². The number of hydrogen-bond acceptors (Lipinski definition) is 3. The zero-order chi connectivity index (χ0) is 12.9. The van der Waals surface area contributed by atoms with E-state index < -0.39 is 0 Å². The summed E-state index contributed by atoms with van der Waals surface area (Å²) in [6, 6.07) is 0. The molecule has 0 aromatic heterocycles. The fourth-order valence-corrected chi connectivity index (χ4v) is 1.86. The van der Waals surface area contributed by atoms with Gasteiger partial charge in [-0.25, -0.2) is 0 Å². The molecule has 3 N–H and O–H groups in total. The molecule has 0 aromatic carbocycles. The maximum Gasteiger partial charge on any atom is 0.239 e. The van der Waals surface area contributed by atoms with Crippen molar-refractivity contribution in [2.24, 2.45) is 5.92 Å². The number of piperidine rings is 1. The molecule has 1 fully saturated rings. The van der Waals surface area contributed by atoms with Gasteiger partial charge in [0, 0.05) is 11.5 Å². The van der Waals surface area contributed by atoms with Gasteiger partial charge in [0.05, 0.1) is 6.54 Å². The van der Waals surface area contributed by atoms with E-state index in [1.54, 1.807) is 0 Å². The van der Waals surface area contributed by atoms with E-state index >= 15 is 0 Å². The van der Waals surface area contributed by atoms with Crippen LogP contribution in [-0.2, 0) is 9.59 Å². The molecule has 0 spiro atoms. The monoisotopic (exact) mass is 277 g/mol. The van der Waals surface area contributed by atoms with Crippen LogP contribution in [-0.4, -0.2) is 37.0 Å². The summed E-state index contributed by atoms with van der Waals surface area (Å²) >= 11 is 0. The first-order valence-electron chi connectivity index (χ1n) is 6.18. The van der Waals surface area contributed by atoms with Gasteiger partial charge in [0.2, 0.25) is 11.8 Å². The van der Waals surface area contributed by atoms with Crippen molar-refractivity contribution in [3.63, 3.8) is 0 Å². The maximum absolute atomic E-state index is 11.7. The number of nitrogens with one attached hydrogen (secondary N) is 3. The lowest BCUT2D eigenvalue weighted by molar-refractivity contribution is -0.129. The molecule has 0 saturated carbocycles. The average Bonchev–Trinajstić information content (AvgIpc) is 2.25. The van der Waals surface area contributed by atoms with E-state index in [2.05, 4.69) is 16.0 Å². The van der Waals surface area contributed by atoms with Crippen LogP contribution in [0.4, 0.5) is 0 Å². The molecular weight excluding hydrogens is 254 g/mol. The summed E-state index contributed by atoms with van der Waals surface area (Å²) in [5.74, 6) is -0.0889. The van der Waals surface area contributed by atoms with Gasteiger partial charge in [0.1, 0.15) is 0 Å². The van der Waals surface area contributed by atoms with Crippen molar-refractivity contribution in [1.29, 1.82) is 0 Å². The van der Waals surface area contributed by atoms with Gasteiger partial charge in [-0.05, 0) is 46.7 Å². The first-order chi connectivity index (χ1) is 7.88. The molecule has 2 amide bonds. The summed E-state index contributed by atoms with van der Waals surface area (Å²) in [5, 5.41) is 8.71. The number of carbonyl (C=O) groups is 2. The number of amides is 2. The Morgan fingerprint density at radius 3 is 2.28 bits per heavy atom. The molecule has 0 atom stereocenters. The minimum Gasteiger partial charge on any atom is -0.350 e. The summed E-state index contributed by atoms with van der Waals surface area (Å²) in [5.41, 5.74) is -0.253. The Balaban J connectivity index is 0.00000289. The Labute approximate surface area is 115 Å². The highest BCUT2D eigenvalue weighted by Crippen LogP contribution is 2.10. The van der Waals surface area contributed by atoms with Crippen LogP contribution in [0.2, 0.25) is 0 Å². The molecule has 1 aliphatic rings. The second-order valence-electron chi connectivity index (χ2n) is 5.54. The Hall–Kier alpha value is -0.810. The van der Waals surface area contributed by atoms with Crippen molar-refractivity contribution >= 4 is 24.2 Å². The highest BCUT2D eigenvalue weighted by molar-refractivity contribution is 5.86. The molecule has 0 unspecified atom stereocenters. The SMILES string of the molecule is CC(C)(C)NC(=O)CNC(=O)C1CCNCC1.Cl. The van der Waals surface area contributed by atoms with Gasteiger partial charge in [-0.1, -0.05) is 0 Å². The summed E-state index contributed by atoms with van der Waals surface area (Å²) < 4.78 is 0. The van der Waals surface area contributed by atoms with Crippen molar-refractivity contribution < 1.29 is 9.59 Å². The topological polar surface area (TPSA) is 70.2 Å². The summed E-state index contributed by atoms with van der Waals surface area (Å²) in [6.07, 6.45) is 1.71. The minimum atomic E-state index is -0.253. The quantitative estimate of drug-likeness (QED) is 0.701. The van der Waals surface area contributed by atoms with Gasteiger partial charge in [0.15, 0.2) is 0 Å². The Morgan fingerprint density at radius 1 is 1.22 bits per heavy atom. The first-order valence-corrected chi connectivity index (χ1v) is 6.18. The third-order valence-electron chi connectivity index (χ3n) is 2.65.